The zero-order valence-corrected chi connectivity index (χ0v) is 16.7. The number of ether oxygens (including phenoxy) is 4. The molecule has 3 aromatic rings. The summed E-state index contributed by atoms with van der Waals surface area (Å²) in [7, 11) is 1.57. The summed E-state index contributed by atoms with van der Waals surface area (Å²) in [6.45, 7) is 2.91. The second kappa shape index (κ2) is 8.79. The van der Waals surface area contributed by atoms with Gasteiger partial charge in [-0.15, -0.1) is 0 Å². The minimum Gasteiger partial charge on any atom is -0.454 e. The van der Waals surface area contributed by atoms with E-state index < -0.39 is 0 Å². The summed E-state index contributed by atoms with van der Waals surface area (Å²) in [4.78, 5) is 21.5. The maximum Gasteiger partial charge on any atom is 0.258 e. The number of amides is 1. The number of carbonyl (C=O) groups excluding carboxylic acids is 1. The molecule has 1 amide bonds. The van der Waals surface area contributed by atoms with Crippen LogP contribution in [0.2, 0.25) is 0 Å². The van der Waals surface area contributed by atoms with E-state index in [1.807, 2.05) is 31.2 Å². The van der Waals surface area contributed by atoms with E-state index in [4.69, 9.17) is 18.9 Å². The second-order valence-corrected chi connectivity index (χ2v) is 6.65. The topological polar surface area (TPSA) is 91.8 Å². The molecule has 0 aliphatic carbocycles. The maximum absolute atomic E-state index is 12.6. The van der Waals surface area contributed by atoms with Crippen molar-refractivity contribution in [3.8, 4) is 34.5 Å². The lowest BCUT2D eigenvalue weighted by Crippen LogP contribution is -2.27. The number of methoxy groups -OCH3 is 1. The zero-order chi connectivity index (χ0) is 20.9. The van der Waals surface area contributed by atoms with Crippen LogP contribution < -0.4 is 19.5 Å². The van der Waals surface area contributed by atoms with Gasteiger partial charge >= 0.3 is 0 Å². The highest BCUT2D eigenvalue weighted by atomic mass is 16.7. The van der Waals surface area contributed by atoms with Crippen LogP contribution in [0.15, 0.2) is 48.7 Å². The Labute approximate surface area is 173 Å². The van der Waals surface area contributed by atoms with Crippen LogP contribution in [0, 0.1) is 6.92 Å². The van der Waals surface area contributed by atoms with E-state index in [0.29, 0.717) is 36.2 Å². The Hall–Kier alpha value is -3.65. The summed E-state index contributed by atoms with van der Waals surface area (Å²) in [6, 6.07) is 13.0. The number of hydrogen-bond donors (Lipinski definition) is 1. The van der Waals surface area contributed by atoms with Gasteiger partial charge in [0.15, 0.2) is 17.3 Å². The molecule has 0 bridgehead atoms. The van der Waals surface area contributed by atoms with Crippen LogP contribution in [-0.2, 0) is 4.74 Å². The number of hydrogen-bond acceptors (Lipinski definition) is 7. The highest BCUT2D eigenvalue weighted by molar-refractivity contribution is 5.96. The van der Waals surface area contributed by atoms with Crippen molar-refractivity contribution < 1.29 is 23.7 Å². The number of fused-ring (bicyclic) bond motifs is 1. The van der Waals surface area contributed by atoms with Gasteiger partial charge in [0.05, 0.1) is 6.61 Å². The van der Waals surface area contributed by atoms with Crippen LogP contribution in [0.1, 0.15) is 15.9 Å². The Morgan fingerprint density at radius 1 is 1.17 bits per heavy atom. The first kappa shape index (κ1) is 19.7. The molecule has 1 aliphatic rings. The molecule has 0 saturated carbocycles. The molecule has 154 valence electrons. The summed E-state index contributed by atoms with van der Waals surface area (Å²) in [6.07, 6.45) is 1.47. The van der Waals surface area contributed by atoms with Crippen molar-refractivity contribution in [3.63, 3.8) is 0 Å². The molecular weight excluding hydrogens is 386 g/mol. The highest BCUT2D eigenvalue weighted by Gasteiger charge is 2.19. The number of benzene rings is 2. The molecule has 2 aromatic carbocycles. The van der Waals surface area contributed by atoms with Crippen molar-refractivity contribution in [2.45, 2.75) is 6.92 Å². The largest absolute Gasteiger partial charge is 0.454 e. The molecule has 1 aromatic heterocycles. The Morgan fingerprint density at radius 3 is 2.87 bits per heavy atom. The van der Waals surface area contributed by atoms with E-state index >= 15 is 0 Å². The smallest absolute Gasteiger partial charge is 0.258 e. The lowest BCUT2D eigenvalue weighted by Gasteiger charge is -2.12. The van der Waals surface area contributed by atoms with Crippen LogP contribution in [0.25, 0.3) is 11.4 Å². The molecule has 0 spiro atoms. The number of nitrogens with one attached hydrogen (secondary N) is 1. The lowest BCUT2D eigenvalue weighted by molar-refractivity contribution is 0.0933. The van der Waals surface area contributed by atoms with Gasteiger partial charge in [0.2, 0.25) is 12.7 Å². The van der Waals surface area contributed by atoms with Crippen LogP contribution in [0.5, 0.6) is 23.1 Å². The van der Waals surface area contributed by atoms with E-state index in [0.717, 1.165) is 11.1 Å². The Bertz CT molecular complexity index is 1070. The maximum atomic E-state index is 12.6. The second-order valence-electron chi connectivity index (χ2n) is 6.65. The first-order chi connectivity index (χ1) is 14.6. The molecule has 8 heteroatoms. The molecule has 0 fully saturated rings. The van der Waals surface area contributed by atoms with Gasteiger partial charge in [-0.3, -0.25) is 4.79 Å². The summed E-state index contributed by atoms with van der Waals surface area (Å²) >= 11 is 0. The van der Waals surface area contributed by atoms with Gasteiger partial charge in [-0.05, 0) is 25.1 Å². The fraction of sp³-hybridized carbons (Fsp3) is 0.227. The third kappa shape index (κ3) is 4.33. The van der Waals surface area contributed by atoms with Crippen molar-refractivity contribution in [1.82, 2.24) is 15.3 Å². The molecule has 8 nitrogen and oxygen atoms in total. The monoisotopic (exact) mass is 407 g/mol. The minimum absolute atomic E-state index is 0.148. The van der Waals surface area contributed by atoms with E-state index in [1.165, 1.54) is 6.20 Å². The molecule has 0 radical (unpaired) electrons. The molecule has 1 N–H and O–H groups in total. The van der Waals surface area contributed by atoms with E-state index in [9.17, 15) is 4.79 Å². The van der Waals surface area contributed by atoms with Gasteiger partial charge in [0.25, 0.3) is 5.91 Å². The fourth-order valence-electron chi connectivity index (χ4n) is 2.94. The fourth-order valence-corrected chi connectivity index (χ4v) is 2.94. The summed E-state index contributed by atoms with van der Waals surface area (Å²) in [5.74, 6) is 1.95. The van der Waals surface area contributed by atoms with Gasteiger partial charge in [-0.1, -0.05) is 23.8 Å². The average Bonchev–Trinajstić information content (AvgIpc) is 3.22. The first-order valence-corrected chi connectivity index (χ1v) is 9.43. The van der Waals surface area contributed by atoms with Gasteiger partial charge < -0.3 is 24.3 Å². The van der Waals surface area contributed by atoms with E-state index in [2.05, 4.69) is 15.3 Å². The van der Waals surface area contributed by atoms with Crippen molar-refractivity contribution in [3.05, 3.63) is 59.8 Å². The Morgan fingerprint density at radius 2 is 2.03 bits per heavy atom. The van der Waals surface area contributed by atoms with E-state index in [-0.39, 0.29) is 24.1 Å². The predicted octanol–water partition coefficient (Wildman–Crippen LogP) is 3.35. The third-order valence-corrected chi connectivity index (χ3v) is 4.42. The molecule has 30 heavy (non-hydrogen) atoms. The number of aryl methyl sites for hydroxylation is 1. The van der Waals surface area contributed by atoms with Gasteiger partial charge in [-0.2, -0.15) is 4.98 Å². The Kier molecular flexibility index (Phi) is 5.76. The summed E-state index contributed by atoms with van der Waals surface area (Å²) in [5, 5.41) is 2.77. The molecule has 1 aliphatic heterocycles. The standard InChI is InChI=1S/C22H21N3O5/c1-14-4-3-5-15(10-14)20-24-12-17(21(26)23-8-9-27-2)22(25-20)30-16-6-7-18-19(11-16)29-13-28-18/h3-7,10-12H,8-9,13H2,1-2H3,(H,23,26). The van der Waals surface area contributed by atoms with Crippen LogP contribution in [-0.4, -0.2) is 42.9 Å². The van der Waals surface area contributed by atoms with Crippen molar-refractivity contribution in [1.29, 1.82) is 0 Å². The zero-order valence-electron chi connectivity index (χ0n) is 16.7. The highest BCUT2D eigenvalue weighted by Crippen LogP contribution is 2.37. The molecule has 0 unspecified atom stereocenters. The van der Waals surface area contributed by atoms with Crippen molar-refractivity contribution in [2.75, 3.05) is 27.1 Å². The Balaban J connectivity index is 1.68. The molecule has 0 atom stereocenters. The SMILES string of the molecule is COCCNC(=O)c1cnc(-c2cccc(C)c2)nc1Oc1ccc2c(c1)OCO2. The van der Waals surface area contributed by atoms with Gasteiger partial charge in [0.1, 0.15) is 11.3 Å². The quantitative estimate of drug-likeness (QED) is 0.601. The number of aromatic nitrogens is 2. The van der Waals surface area contributed by atoms with Crippen molar-refractivity contribution >= 4 is 5.91 Å². The van der Waals surface area contributed by atoms with Gasteiger partial charge in [-0.25, -0.2) is 4.98 Å². The summed E-state index contributed by atoms with van der Waals surface area (Å²) < 4.78 is 21.7. The predicted molar refractivity (Wildman–Crippen MR) is 109 cm³/mol. The van der Waals surface area contributed by atoms with Crippen molar-refractivity contribution in [2.24, 2.45) is 0 Å². The number of carbonyl (C=O) groups is 1. The normalized spacial score (nSPS) is 11.9. The molecule has 4 rings (SSSR count). The lowest BCUT2D eigenvalue weighted by atomic mass is 10.1. The molecule has 0 saturated heterocycles. The third-order valence-electron chi connectivity index (χ3n) is 4.42. The molecular formula is C22H21N3O5. The van der Waals surface area contributed by atoms with Crippen LogP contribution >= 0.6 is 0 Å². The number of rotatable bonds is 7. The van der Waals surface area contributed by atoms with Crippen LogP contribution in [0.4, 0.5) is 0 Å². The van der Waals surface area contributed by atoms with Gasteiger partial charge in [0, 0.05) is 31.5 Å². The summed E-state index contributed by atoms with van der Waals surface area (Å²) in [5.41, 5.74) is 2.13. The van der Waals surface area contributed by atoms with Crippen LogP contribution in [0.3, 0.4) is 0 Å². The van der Waals surface area contributed by atoms with E-state index in [1.54, 1.807) is 25.3 Å². The first-order valence-electron chi connectivity index (χ1n) is 9.43. The number of nitrogens with zero attached hydrogens (tertiary/aromatic N) is 2. The average molecular weight is 407 g/mol. The molecule has 2 heterocycles. The minimum atomic E-state index is -0.349.